The fourth-order valence-corrected chi connectivity index (χ4v) is 2.75. The van der Waals surface area contributed by atoms with E-state index in [1.807, 2.05) is 26.1 Å². The first kappa shape index (κ1) is 13.0. The molecule has 0 atom stereocenters. The number of amides is 1. The highest BCUT2D eigenvalue weighted by Crippen LogP contribution is 2.43. The number of nitrogens with one attached hydrogen (secondary N) is 1. The fraction of sp³-hybridized carbons (Fsp3) is 0.571. The molecule has 4 heteroatoms. The number of hydrogen-bond donors (Lipinski definition) is 1. The Balaban J connectivity index is 0.000000574. The van der Waals surface area contributed by atoms with Crippen molar-refractivity contribution in [2.24, 2.45) is 0 Å². The second-order valence-electron chi connectivity index (χ2n) is 4.76. The number of pyridine rings is 1. The van der Waals surface area contributed by atoms with Crippen molar-refractivity contribution in [1.29, 1.82) is 0 Å². The van der Waals surface area contributed by atoms with Gasteiger partial charge < -0.3 is 10.2 Å². The number of rotatable bonds is 0. The Hall–Kier alpha value is -1.42. The van der Waals surface area contributed by atoms with Crippen molar-refractivity contribution in [2.45, 2.75) is 32.1 Å². The van der Waals surface area contributed by atoms with Crippen LogP contribution >= 0.6 is 0 Å². The molecule has 4 nitrogen and oxygen atoms in total. The lowest BCUT2D eigenvalue weighted by molar-refractivity contribution is -0.122. The Bertz CT molecular complexity index is 436. The van der Waals surface area contributed by atoms with Gasteiger partial charge in [-0.05, 0) is 39.0 Å². The molecule has 0 unspecified atom stereocenters. The van der Waals surface area contributed by atoms with Crippen molar-refractivity contribution in [3.8, 4) is 0 Å². The molecular formula is C14H21N3O. The maximum Gasteiger partial charge on any atom is 0.235 e. The number of anilines is 1. The number of aromatic nitrogens is 1. The van der Waals surface area contributed by atoms with Crippen LogP contribution in [0, 0.1) is 0 Å². The summed E-state index contributed by atoms with van der Waals surface area (Å²) in [7, 11) is 2.10. The predicted molar refractivity (Wildman–Crippen MR) is 72.6 cm³/mol. The van der Waals surface area contributed by atoms with Crippen molar-refractivity contribution < 1.29 is 4.79 Å². The molecule has 1 aromatic heterocycles. The van der Waals surface area contributed by atoms with Crippen LogP contribution in [0.5, 0.6) is 0 Å². The molecule has 2 aliphatic heterocycles. The molecule has 1 spiro atoms. The molecule has 0 saturated carbocycles. The summed E-state index contributed by atoms with van der Waals surface area (Å²) in [6.45, 7) is 5.95. The highest BCUT2D eigenvalue weighted by atomic mass is 16.2. The molecule has 1 saturated heterocycles. The molecule has 0 radical (unpaired) electrons. The molecule has 1 amide bonds. The Morgan fingerprint density at radius 3 is 2.67 bits per heavy atom. The van der Waals surface area contributed by atoms with Gasteiger partial charge in [-0.3, -0.25) is 9.78 Å². The van der Waals surface area contributed by atoms with Crippen LogP contribution in [0.25, 0.3) is 0 Å². The summed E-state index contributed by atoms with van der Waals surface area (Å²) >= 11 is 0. The minimum atomic E-state index is -0.309. The van der Waals surface area contributed by atoms with Gasteiger partial charge in [-0.1, -0.05) is 13.8 Å². The smallest absolute Gasteiger partial charge is 0.235 e. The number of carbonyl (C=O) groups excluding carboxylic acids is 1. The highest BCUT2D eigenvalue weighted by Gasteiger charge is 2.48. The van der Waals surface area contributed by atoms with Gasteiger partial charge >= 0.3 is 0 Å². The Morgan fingerprint density at radius 2 is 2.00 bits per heavy atom. The van der Waals surface area contributed by atoms with Crippen LogP contribution in [0.2, 0.25) is 0 Å². The summed E-state index contributed by atoms with van der Waals surface area (Å²) in [6.07, 6.45) is 5.37. The van der Waals surface area contributed by atoms with Crippen LogP contribution in [0.4, 0.5) is 5.69 Å². The first-order chi connectivity index (χ1) is 8.72. The highest BCUT2D eigenvalue weighted by molar-refractivity contribution is 6.06. The number of piperidine rings is 1. The van der Waals surface area contributed by atoms with E-state index in [1.54, 1.807) is 6.20 Å². The quantitative estimate of drug-likeness (QED) is 0.763. The third-order valence-corrected chi connectivity index (χ3v) is 3.86. The lowest BCUT2D eigenvalue weighted by Crippen LogP contribution is -2.45. The summed E-state index contributed by atoms with van der Waals surface area (Å²) in [5, 5.41) is 2.98. The molecular weight excluding hydrogens is 226 g/mol. The molecule has 1 N–H and O–H groups in total. The monoisotopic (exact) mass is 247 g/mol. The number of hydrogen-bond acceptors (Lipinski definition) is 3. The Labute approximate surface area is 108 Å². The zero-order chi connectivity index (χ0) is 13.2. The van der Waals surface area contributed by atoms with Gasteiger partial charge in [0.15, 0.2) is 0 Å². The van der Waals surface area contributed by atoms with Crippen molar-refractivity contribution in [3.05, 3.63) is 24.0 Å². The number of likely N-dealkylation sites (tertiary alicyclic amines) is 1. The Kier molecular flexibility index (Phi) is 3.66. The molecule has 18 heavy (non-hydrogen) atoms. The van der Waals surface area contributed by atoms with E-state index in [9.17, 15) is 4.79 Å². The van der Waals surface area contributed by atoms with E-state index in [1.165, 1.54) is 0 Å². The van der Waals surface area contributed by atoms with E-state index in [4.69, 9.17) is 0 Å². The zero-order valence-electron chi connectivity index (χ0n) is 11.4. The van der Waals surface area contributed by atoms with E-state index in [-0.39, 0.29) is 11.3 Å². The number of nitrogens with zero attached hydrogens (tertiary/aromatic N) is 2. The zero-order valence-corrected chi connectivity index (χ0v) is 11.4. The minimum absolute atomic E-state index is 0.156. The second-order valence-corrected chi connectivity index (χ2v) is 4.76. The maximum atomic E-state index is 12.2. The topological polar surface area (TPSA) is 45.2 Å². The fourth-order valence-electron chi connectivity index (χ4n) is 2.75. The van der Waals surface area contributed by atoms with Crippen molar-refractivity contribution in [2.75, 3.05) is 25.5 Å². The minimum Gasteiger partial charge on any atom is -0.325 e. The standard InChI is InChI=1S/C12H15N3O.C2H6/c1-15-6-3-12(4-7-15)9-8-13-5-2-10(9)14-11(12)16;1-2/h2,5,8H,3-4,6-7H2,1H3,(H,14,16);1-2H3. The first-order valence-corrected chi connectivity index (χ1v) is 6.67. The van der Waals surface area contributed by atoms with Gasteiger partial charge in [0.2, 0.25) is 5.91 Å². The molecule has 2 aliphatic rings. The van der Waals surface area contributed by atoms with Gasteiger partial charge in [-0.25, -0.2) is 0 Å². The summed E-state index contributed by atoms with van der Waals surface area (Å²) in [5.74, 6) is 0.156. The van der Waals surface area contributed by atoms with Crippen molar-refractivity contribution >= 4 is 11.6 Å². The van der Waals surface area contributed by atoms with Gasteiger partial charge in [0.25, 0.3) is 0 Å². The van der Waals surface area contributed by atoms with Crippen LogP contribution in [0.3, 0.4) is 0 Å². The summed E-state index contributed by atoms with van der Waals surface area (Å²) in [6, 6.07) is 1.89. The second kappa shape index (κ2) is 5.06. The molecule has 1 fully saturated rings. The Morgan fingerprint density at radius 1 is 1.33 bits per heavy atom. The molecule has 0 bridgehead atoms. The van der Waals surface area contributed by atoms with E-state index >= 15 is 0 Å². The van der Waals surface area contributed by atoms with Crippen molar-refractivity contribution in [3.63, 3.8) is 0 Å². The number of fused-ring (bicyclic) bond motifs is 2. The van der Waals surface area contributed by atoms with E-state index in [0.717, 1.165) is 37.2 Å². The third kappa shape index (κ3) is 1.90. The average molecular weight is 247 g/mol. The van der Waals surface area contributed by atoms with Gasteiger partial charge in [0.05, 0.1) is 5.41 Å². The third-order valence-electron chi connectivity index (χ3n) is 3.86. The van der Waals surface area contributed by atoms with Gasteiger partial charge in [-0.15, -0.1) is 0 Å². The summed E-state index contributed by atoms with van der Waals surface area (Å²) < 4.78 is 0. The van der Waals surface area contributed by atoms with Gasteiger partial charge in [0.1, 0.15) is 0 Å². The van der Waals surface area contributed by atoms with Gasteiger partial charge in [-0.2, -0.15) is 0 Å². The predicted octanol–water partition coefficient (Wildman–Crippen LogP) is 2.02. The van der Waals surface area contributed by atoms with E-state index in [0.29, 0.717) is 0 Å². The summed E-state index contributed by atoms with van der Waals surface area (Å²) in [4.78, 5) is 18.6. The molecule has 3 heterocycles. The SMILES string of the molecule is CC.CN1CCC2(CC1)C(=O)Nc1ccncc12. The largest absolute Gasteiger partial charge is 0.325 e. The van der Waals surface area contributed by atoms with Crippen LogP contribution in [-0.4, -0.2) is 35.9 Å². The molecule has 98 valence electrons. The molecule has 1 aromatic rings. The van der Waals surface area contributed by atoms with Crippen LogP contribution in [-0.2, 0) is 10.2 Å². The van der Waals surface area contributed by atoms with Crippen LogP contribution < -0.4 is 5.32 Å². The average Bonchev–Trinajstić information content (AvgIpc) is 2.69. The van der Waals surface area contributed by atoms with E-state index < -0.39 is 0 Å². The number of carbonyl (C=O) groups is 1. The summed E-state index contributed by atoms with van der Waals surface area (Å²) in [5.41, 5.74) is 1.73. The molecule has 0 aliphatic carbocycles. The lowest BCUT2D eigenvalue weighted by Gasteiger charge is -2.35. The molecule has 0 aromatic carbocycles. The van der Waals surface area contributed by atoms with Crippen LogP contribution in [0.15, 0.2) is 18.5 Å². The van der Waals surface area contributed by atoms with E-state index in [2.05, 4.69) is 22.2 Å². The first-order valence-electron chi connectivity index (χ1n) is 6.67. The molecule has 3 rings (SSSR count). The van der Waals surface area contributed by atoms with Gasteiger partial charge in [0, 0.05) is 23.6 Å². The maximum absolute atomic E-state index is 12.2. The lowest BCUT2D eigenvalue weighted by atomic mass is 9.74. The van der Waals surface area contributed by atoms with Crippen LogP contribution in [0.1, 0.15) is 32.3 Å². The van der Waals surface area contributed by atoms with Crippen molar-refractivity contribution in [1.82, 2.24) is 9.88 Å². The normalized spacial score (nSPS) is 20.9.